The third-order valence-corrected chi connectivity index (χ3v) is 3.19. The lowest BCUT2D eigenvalue weighted by atomic mass is 10.1. The van der Waals surface area contributed by atoms with E-state index in [-0.39, 0.29) is 0 Å². The second kappa shape index (κ2) is 4.66. The molecular weight excluding hydrogens is 202 g/mol. The Morgan fingerprint density at radius 1 is 1.56 bits per heavy atom. The maximum atomic E-state index is 10.8. The minimum atomic E-state index is -0.863. The number of nitrogens with one attached hydrogen (secondary N) is 1. The molecule has 0 spiro atoms. The Morgan fingerprint density at radius 2 is 2.31 bits per heavy atom. The van der Waals surface area contributed by atoms with Crippen LogP contribution < -0.4 is 5.32 Å². The molecule has 2 N–H and O–H groups in total. The molecule has 0 aliphatic heterocycles. The van der Waals surface area contributed by atoms with Gasteiger partial charge in [0.15, 0.2) is 0 Å². The highest BCUT2D eigenvalue weighted by Crippen LogP contribution is 2.36. The Morgan fingerprint density at radius 3 is 2.94 bits per heavy atom. The van der Waals surface area contributed by atoms with Gasteiger partial charge >= 0.3 is 5.97 Å². The van der Waals surface area contributed by atoms with Gasteiger partial charge < -0.3 is 10.4 Å². The number of benzene rings is 1. The molecule has 2 unspecified atom stereocenters. The van der Waals surface area contributed by atoms with E-state index in [4.69, 9.17) is 5.11 Å². The van der Waals surface area contributed by atoms with Crippen molar-refractivity contribution in [3.63, 3.8) is 0 Å². The van der Waals surface area contributed by atoms with Gasteiger partial charge in [0.1, 0.15) is 0 Å². The number of carboxylic acid groups (broad SMARTS) is 1. The van der Waals surface area contributed by atoms with Crippen LogP contribution in [0.2, 0.25) is 0 Å². The molecule has 1 aliphatic rings. The lowest BCUT2D eigenvalue weighted by molar-refractivity contribution is 0.0697. The Balaban J connectivity index is 1.84. The molecule has 0 radical (unpaired) electrons. The highest BCUT2D eigenvalue weighted by molar-refractivity contribution is 5.87. The summed E-state index contributed by atoms with van der Waals surface area (Å²) in [5.41, 5.74) is 1.40. The van der Waals surface area contributed by atoms with Crippen molar-refractivity contribution in [2.24, 2.45) is 11.8 Å². The summed E-state index contributed by atoms with van der Waals surface area (Å²) in [6.07, 6.45) is 1.32. The molecule has 86 valence electrons. The Kier molecular flexibility index (Phi) is 3.25. The van der Waals surface area contributed by atoms with Crippen LogP contribution in [0.5, 0.6) is 0 Å². The van der Waals surface area contributed by atoms with E-state index in [0.717, 1.165) is 30.5 Å². The zero-order chi connectivity index (χ0) is 11.5. The van der Waals surface area contributed by atoms with Crippen LogP contribution in [-0.2, 0) is 6.54 Å². The van der Waals surface area contributed by atoms with E-state index in [0.29, 0.717) is 5.56 Å². The van der Waals surface area contributed by atoms with Crippen LogP contribution in [0.15, 0.2) is 24.3 Å². The summed E-state index contributed by atoms with van der Waals surface area (Å²) in [5.74, 6) is 0.818. The van der Waals surface area contributed by atoms with Gasteiger partial charge in [-0.1, -0.05) is 19.1 Å². The van der Waals surface area contributed by atoms with Crippen molar-refractivity contribution < 1.29 is 9.90 Å². The molecule has 3 nitrogen and oxygen atoms in total. The summed E-state index contributed by atoms with van der Waals surface area (Å²) in [7, 11) is 0. The predicted octanol–water partition coefficient (Wildman–Crippen LogP) is 2.13. The van der Waals surface area contributed by atoms with Gasteiger partial charge in [0, 0.05) is 6.54 Å². The molecular formula is C13H17NO2. The second-order valence-corrected chi connectivity index (χ2v) is 4.61. The van der Waals surface area contributed by atoms with E-state index in [2.05, 4.69) is 12.2 Å². The minimum absolute atomic E-state index is 0.360. The van der Waals surface area contributed by atoms with Crippen LogP contribution in [0.1, 0.15) is 29.3 Å². The molecule has 1 saturated carbocycles. The quantitative estimate of drug-likeness (QED) is 0.797. The standard InChI is InChI=1S/C13H17NO2/c1-9-5-12(9)8-14-7-10-3-2-4-11(6-10)13(15)16/h2-4,6,9,12,14H,5,7-8H2,1H3,(H,15,16). The lowest BCUT2D eigenvalue weighted by Crippen LogP contribution is -2.17. The summed E-state index contributed by atoms with van der Waals surface area (Å²) in [6.45, 7) is 4.06. The van der Waals surface area contributed by atoms with Crippen LogP contribution in [0.4, 0.5) is 0 Å². The predicted molar refractivity (Wildman–Crippen MR) is 62.4 cm³/mol. The number of aromatic carboxylic acids is 1. The van der Waals surface area contributed by atoms with Crippen molar-refractivity contribution in [3.8, 4) is 0 Å². The summed E-state index contributed by atoms with van der Waals surface area (Å²) in [6, 6.07) is 7.09. The first kappa shape index (κ1) is 11.1. The zero-order valence-corrected chi connectivity index (χ0v) is 9.44. The molecule has 1 aliphatic carbocycles. The molecule has 0 bridgehead atoms. The average Bonchev–Trinajstić information content (AvgIpc) is 2.95. The smallest absolute Gasteiger partial charge is 0.335 e. The average molecular weight is 219 g/mol. The molecule has 0 amide bonds. The molecule has 16 heavy (non-hydrogen) atoms. The monoisotopic (exact) mass is 219 g/mol. The summed E-state index contributed by atoms with van der Waals surface area (Å²) in [4.78, 5) is 10.8. The first-order chi connectivity index (χ1) is 7.66. The van der Waals surface area contributed by atoms with E-state index in [1.54, 1.807) is 18.2 Å². The number of hydrogen-bond acceptors (Lipinski definition) is 2. The van der Waals surface area contributed by atoms with E-state index in [9.17, 15) is 4.79 Å². The third-order valence-electron chi connectivity index (χ3n) is 3.19. The maximum absolute atomic E-state index is 10.8. The van der Waals surface area contributed by atoms with Crippen LogP contribution in [0.3, 0.4) is 0 Å². The lowest BCUT2D eigenvalue weighted by Gasteiger charge is -2.04. The van der Waals surface area contributed by atoms with Gasteiger partial charge in [0.25, 0.3) is 0 Å². The Labute approximate surface area is 95.5 Å². The van der Waals surface area contributed by atoms with Crippen molar-refractivity contribution >= 4 is 5.97 Å². The summed E-state index contributed by atoms with van der Waals surface area (Å²) < 4.78 is 0. The fourth-order valence-corrected chi connectivity index (χ4v) is 1.90. The largest absolute Gasteiger partial charge is 0.478 e. The van der Waals surface area contributed by atoms with Gasteiger partial charge in [-0.05, 0) is 42.5 Å². The molecule has 1 fully saturated rings. The first-order valence-electron chi connectivity index (χ1n) is 5.70. The zero-order valence-electron chi connectivity index (χ0n) is 9.44. The first-order valence-corrected chi connectivity index (χ1v) is 5.70. The van der Waals surface area contributed by atoms with Gasteiger partial charge in [-0.2, -0.15) is 0 Å². The molecule has 0 heterocycles. The highest BCUT2D eigenvalue weighted by Gasteiger charge is 2.31. The van der Waals surface area contributed by atoms with E-state index in [1.165, 1.54) is 6.42 Å². The fourth-order valence-electron chi connectivity index (χ4n) is 1.90. The van der Waals surface area contributed by atoms with Crippen molar-refractivity contribution in [2.45, 2.75) is 19.9 Å². The topological polar surface area (TPSA) is 49.3 Å². The molecule has 2 atom stereocenters. The van der Waals surface area contributed by atoms with E-state index in [1.807, 2.05) is 6.07 Å². The van der Waals surface area contributed by atoms with E-state index >= 15 is 0 Å². The van der Waals surface area contributed by atoms with E-state index < -0.39 is 5.97 Å². The van der Waals surface area contributed by atoms with Crippen molar-refractivity contribution in [1.82, 2.24) is 5.32 Å². The normalized spacial score (nSPS) is 23.1. The highest BCUT2D eigenvalue weighted by atomic mass is 16.4. The molecule has 1 aromatic carbocycles. The molecule has 0 saturated heterocycles. The molecule has 2 rings (SSSR count). The van der Waals surface area contributed by atoms with Gasteiger partial charge in [-0.3, -0.25) is 0 Å². The SMILES string of the molecule is CC1CC1CNCc1cccc(C(=O)O)c1. The Hall–Kier alpha value is -1.35. The van der Waals surface area contributed by atoms with Crippen molar-refractivity contribution in [1.29, 1.82) is 0 Å². The molecule has 1 aromatic rings. The van der Waals surface area contributed by atoms with Gasteiger partial charge in [-0.25, -0.2) is 4.79 Å². The number of hydrogen-bond donors (Lipinski definition) is 2. The van der Waals surface area contributed by atoms with Crippen molar-refractivity contribution in [3.05, 3.63) is 35.4 Å². The summed E-state index contributed by atoms with van der Waals surface area (Å²) in [5, 5.41) is 12.2. The van der Waals surface area contributed by atoms with Crippen LogP contribution in [-0.4, -0.2) is 17.6 Å². The van der Waals surface area contributed by atoms with Gasteiger partial charge in [0.2, 0.25) is 0 Å². The van der Waals surface area contributed by atoms with Gasteiger partial charge in [0.05, 0.1) is 5.56 Å². The third kappa shape index (κ3) is 2.83. The maximum Gasteiger partial charge on any atom is 0.335 e. The number of carboxylic acids is 1. The van der Waals surface area contributed by atoms with Crippen LogP contribution in [0, 0.1) is 11.8 Å². The molecule has 0 aromatic heterocycles. The minimum Gasteiger partial charge on any atom is -0.478 e. The Bertz CT molecular complexity index is 389. The fraction of sp³-hybridized carbons (Fsp3) is 0.462. The molecule has 3 heteroatoms. The number of carbonyl (C=O) groups is 1. The second-order valence-electron chi connectivity index (χ2n) is 4.61. The van der Waals surface area contributed by atoms with Crippen LogP contribution >= 0.6 is 0 Å². The van der Waals surface area contributed by atoms with Gasteiger partial charge in [-0.15, -0.1) is 0 Å². The van der Waals surface area contributed by atoms with Crippen LogP contribution in [0.25, 0.3) is 0 Å². The van der Waals surface area contributed by atoms with Crippen molar-refractivity contribution in [2.75, 3.05) is 6.54 Å². The summed E-state index contributed by atoms with van der Waals surface area (Å²) >= 11 is 0. The number of rotatable bonds is 5.